The van der Waals surface area contributed by atoms with Crippen LogP contribution in [0.5, 0.6) is 0 Å². The van der Waals surface area contributed by atoms with Gasteiger partial charge in [-0.15, -0.1) is 11.3 Å². The van der Waals surface area contributed by atoms with Crippen LogP contribution in [0.15, 0.2) is 296 Å². The number of nitrogens with zero attached hydrogens (tertiary/aromatic N) is 4. The van der Waals surface area contributed by atoms with Crippen LogP contribution in [-0.4, -0.2) is 19.9 Å². The quantitative estimate of drug-likeness (QED) is 0.152. The van der Waals surface area contributed by atoms with Crippen LogP contribution in [0, 0.1) is 0 Å². The Balaban J connectivity index is 0.000000137. The van der Waals surface area contributed by atoms with E-state index in [1.165, 1.54) is 140 Å². The Morgan fingerprint density at radius 1 is 0.245 bits per heavy atom. The third kappa shape index (κ3) is 9.63. The first-order valence-corrected chi connectivity index (χ1v) is 35.7. The first-order valence-electron chi connectivity index (χ1n) is 34.9. The lowest BCUT2D eigenvalue weighted by Gasteiger charge is -2.36. The molecule has 4 aliphatic carbocycles. The Hall–Kier alpha value is -11.2. The van der Waals surface area contributed by atoms with Crippen LogP contribution in [0.25, 0.3) is 154 Å². The minimum Gasteiger partial charge on any atom is -0.455 e. The van der Waals surface area contributed by atoms with Gasteiger partial charge in [-0.2, -0.15) is 0 Å². The van der Waals surface area contributed by atoms with Crippen molar-refractivity contribution in [3.63, 3.8) is 0 Å². The third-order valence-electron chi connectivity index (χ3n) is 21.8. The smallest absolute Gasteiger partial charge is 0.164 e. The van der Waals surface area contributed by atoms with E-state index in [1.807, 2.05) is 59.9 Å². The number of furan rings is 1. The predicted octanol–water partition coefficient (Wildman–Crippen LogP) is 25.0. The number of thiophene rings is 1. The number of fused-ring (bicyclic) bond motifs is 16. The van der Waals surface area contributed by atoms with Crippen molar-refractivity contribution in [1.82, 2.24) is 19.9 Å². The molecule has 2 fully saturated rings. The van der Waals surface area contributed by atoms with Crippen LogP contribution in [0.3, 0.4) is 0 Å². The minimum absolute atomic E-state index is 0.149. The zero-order chi connectivity index (χ0) is 64.7. The highest BCUT2D eigenvalue weighted by Crippen LogP contribution is 2.59. The van der Waals surface area contributed by atoms with E-state index in [4.69, 9.17) is 24.4 Å². The van der Waals surface area contributed by atoms with E-state index in [0.29, 0.717) is 5.82 Å². The standard InChI is InChI=1S/C46H34N2O.C46H34N2S/c2*1-4-14-30(15-5-1)41-29-42(31-16-6-2-7-17-31)48-45(47-41)37-22-13-21-36-35-20-12-19-33(43(35)49-44(36)37)32-24-25-40-38(28-32)34-18-8-9-23-39(34)46(40)26-10-3-11-27-46/h2*1-2,4-9,12-25,28-29H,3,10-11,26-27H2. The van der Waals surface area contributed by atoms with Gasteiger partial charge in [0, 0.05) is 75.2 Å². The average Bonchev–Trinajstić information content (AvgIpc) is 1.57. The summed E-state index contributed by atoms with van der Waals surface area (Å²) in [5.41, 5.74) is 28.5. The van der Waals surface area contributed by atoms with Crippen molar-refractivity contribution in [2.24, 2.45) is 0 Å². The summed E-state index contributed by atoms with van der Waals surface area (Å²) in [5, 5.41) is 4.70. The largest absolute Gasteiger partial charge is 0.455 e. The van der Waals surface area contributed by atoms with Gasteiger partial charge in [-0.1, -0.05) is 293 Å². The molecular weight excluding hydrogens is 1210 g/mol. The van der Waals surface area contributed by atoms with Gasteiger partial charge in [-0.25, -0.2) is 19.9 Å². The molecule has 0 radical (unpaired) electrons. The molecule has 98 heavy (non-hydrogen) atoms. The van der Waals surface area contributed by atoms with Crippen molar-refractivity contribution in [3.8, 4) is 112 Å². The lowest BCUT2D eigenvalue weighted by molar-refractivity contribution is 0.353. The molecule has 0 atom stereocenters. The molecule has 0 amide bonds. The Kier molecular flexibility index (Phi) is 14.2. The Morgan fingerprint density at radius 2 is 0.582 bits per heavy atom. The number of hydrogen-bond donors (Lipinski definition) is 0. The topological polar surface area (TPSA) is 64.7 Å². The molecule has 20 rings (SSSR count). The molecule has 0 N–H and O–H groups in total. The molecule has 2 spiro atoms. The molecular formula is C92H68N4OS. The summed E-state index contributed by atoms with van der Waals surface area (Å²) >= 11 is 1.87. The molecule has 468 valence electrons. The molecule has 0 saturated heterocycles. The fourth-order valence-corrected chi connectivity index (χ4v) is 18.6. The molecule has 6 heteroatoms. The Bertz CT molecular complexity index is 5290. The molecule has 0 aliphatic heterocycles. The summed E-state index contributed by atoms with van der Waals surface area (Å²) in [7, 11) is 0. The number of aromatic nitrogens is 4. The summed E-state index contributed by atoms with van der Waals surface area (Å²) in [6.07, 6.45) is 12.9. The molecule has 5 nitrogen and oxygen atoms in total. The maximum atomic E-state index is 6.93. The second-order valence-electron chi connectivity index (χ2n) is 27.2. The van der Waals surface area contributed by atoms with Crippen molar-refractivity contribution in [3.05, 3.63) is 313 Å². The van der Waals surface area contributed by atoms with Crippen molar-refractivity contribution in [2.45, 2.75) is 75.0 Å². The van der Waals surface area contributed by atoms with Gasteiger partial charge in [-0.3, -0.25) is 0 Å². The molecule has 12 aromatic carbocycles. The van der Waals surface area contributed by atoms with E-state index in [1.54, 1.807) is 5.56 Å². The van der Waals surface area contributed by atoms with Crippen molar-refractivity contribution < 1.29 is 4.42 Å². The summed E-state index contributed by atoms with van der Waals surface area (Å²) in [6.45, 7) is 0. The lowest BCUT2D eigenvalue weighted by atomic mass is 9.68. The van der Waals surface area contributed by atoms with Crippen LogP contribution in [0.4, 0.5) is 0 Å². The first-order chi connectivity index (χ1) is 48.5. The summed E-state index contributed by atoms with van der Waals surface area (Å²) in [5.74, 6) is 1.41. The molecule has 2 saturated carbocycles. The molecule has 4 aromatic heterocycles. The second kappa shape index (κ2) is 23.9. The maximum Gasteiger partial charge on any atom is 0.164 e. The fourth-order valence-electron chi connectivity index (χ4n) is 17.3. The molecule has 4 aliphatic rings. The highest BCUT2D eigenvalue weighted by Gasteiger charge is 2.45. The summed E-state index contributed by atoms with van der Waals surface area (Å²) in [6, 6.07) is 105. The minimum atomic E-state index is 0.149. The van der Waals surface area contributed by atoms with E-state index in [2.05, 4.69) is 243 Å². The fraction of sp³-hybridized carbons (Fsp3) is 0.130. The zero-order valence-electron chi connectivity index (χ0n) is 54.4. The first kappa shape index (κ1) is 58.2. The van der Waals surface area contributed by atoms with E-state index in [0.717, 1.165) is 89.5 Å². The van der Waals surface area contributed by atoms with Crippen LogP contribution < -0.4 is 0 Å². The molecule has 16 aromatic rings. The highest BCUT2D eigenvalue weighted by atomic mass is 32.1. The van der Waals surface area contributed by atoms with Gasteiger partial charge in [0.05, 0.1) is 28.3 Å². The predicted molar refractivity (Wildman–Crippen MR) is 406 cm³/mol. The van der Waals surface area contributed by atoms with Gasteiger partial charge >= 0.3 is 0 Å². The number of hydrogen-bond acceptors (Lipinski definition) is 6. The van der Waals surface area contributed by atoms with Gasteiger partial charge in [0.25, 0.3) is 0 Å². The maximum absolute atomic E-state index is 6.93. The van der Waals surface area contributed by atoms with E-state index >= 15 is 0 Å². The Labute approximate surface area is 574 Å². The lowest BCUT2D eigenvalue weighted by Crippen LogP contribution is -2.27. The van der Waals surface area contributed by atoms with E-state index < -0.39 is 0 Å². The van der Waals surface area contributed by atoms with Crippen LogP contribution in [0.2, 0.25) is 0 Å². The van der Waals surface area contributed by atoms with Crippen molar-refractivity contribution in [2.75, 3.05) is 0 Å². The molecule has 0 unspecified atom stereocenters. The monoisotopic (exact) mass is 1280 g/mol. The van der Waals surface area contributed by atoms with Gasteiger partial charge in [-0.05, 0) is 123 Å². The normalized spacial score (nSPS) is 14.7. The van der Waals surface area contributed by atoms with Crippen LogP contribution in [0.1, 0.15) is 86.5 Å². The van der Waals surface area contributed by atoms with Crippen molar-refractivity contribution in [1.29, 1.82) is 0 Å². The third-order valence-corrected chi connectivity index (χ3v) is 23.1. The van der Waals surface area contributed by atoms with Gasteiger partial charge < -0.3 is 4.42 Å². The Morgan fingerprint density at radius 3 is 1.04 bits per heavy atom. The van der Waals surface area contributed by atoms with Crippen molar-refractivity contribution >= 4 is 53.4 Å². The zero-order valence-corrected chi connectivity index (χ0v) is 55.2. The van der Waals surface area contributed by atoms with Gasteiger partial charge in [0.1, 0.15) is 11.2 Å². The highest BCUT2D eigenvalue weighted by molar-refractivity contribution is 7.26. The molecule has 4 heterocycles. The second-order valence-corrected chi connectivity index (χ2v) is 28.2. The average molecular weight is 1280 g/mol. The number of rotatable bonds is 8. The summed E-state index contributed by atoms with van der Waals surface area (Å²) in [4.78, 5) is 20.7. The summed E-state index contributed by atoms with van der Waals surface area (Å²) < 4.78 is 9.47. The van der Waals surface area contributed by atoms with Gasteiger partial charge in [0.15, 0.2) is 11.6 Å². The van der Waals surface area contributed by atoms with Crippen LogP contribution >= 0.6 is 11.3 Å². The molecule has 0 bridgehead atoms. The number of benzene rings is 12. The van der Waals surface area contributed by atoms with E-state index in [-0.39, 0.29) is 10.8 Å². The van der Waals surface area contributed by atoms with E-state index in [9.17, 15) is 0 Å². The SMILES string of the molecule is c1ccc(-c2cc(-c3ccccc3)nc(-c3cccc4c3oc3c(-c5ccc6c(c5)-c5ccccc5C65CCCCC5)cccc34)n2)cc1.c1ccc(-c2cc(-c3ccccc3)nc(-c3cccc4c3sc3c(-c5ccc6c(c5)-c5ccccc5C65CCCCC5)cccc34)n2)cc1. The van der Waals surface area contributed by atoms with Crippen LogP contribution in [-0.2, 0) is 10.8 Å². The van der Waals surface area contributed by atoms with Gasteiger partial charge in [0.2, 0.25) is 0 Å². The number of para-hydroxylation sites is 2.